The number of thioether (sulfide) groups is 1. The van der Waals surface area contributed by atoms with Crippen LogP contribution in [0.15, 0.2) is 29.3 Å². The second-order valence-corrected chi connectivity index (χ2v) is 5.02. The van der Waals surface area contributed by atoms with Gasteiger partial charge in [-0.15, -0.1) is 0 Å². The lowest BCUT2D eigenvalue weighted by atomic mass is 10.1. The van der Waals surface area contributed by atoms with Gasteiger partial charge in [0.2, 0.25) is 0 Å². The van der Waals surface area contributed by atoms with Crippen LogP contribution in [-0.4, -0.2) is 17.0 Å². The maximum atomic E-state index is 12.8. The predicted octanol–water partition coefficient (Wildman–Crippen LogP) is 2.97. The number of hydrogen-bond donors (Lipinski definition) is 1. The van der Waals surface area contributed by atoms with Gasteiger partial charge in [0.15, 0.2) is 5.17 Å². The molecule has 16 heavy (non-hydrogen) atoms. The molecule has 2 unspecified atom stereocenters. The van der Waals surface area contributed by atoms with Gasteiger partial charge < -0.3 is 5.32 Å². The molecule has 86 valence electrons. The first-order chi connectivity index (χ1) is 7.65. The molecule has 0 aromatic heterocycles. The third-order valence-electron chi connectivity index (χ3n) is 2.51. The molecule has 0 saturated heterocycles. The van der Waals surface area contributed by atoms with Gasteiger partial charge in [-0.2, -0.15) is 0 Å². The number of rotatable bonds is 2. The maximum absolute atomic E-state index is 12.8. The van der Waals surface area contributed by atoms with Crippen LogP contribution >= 0.6 is 11.8 Å². The van der Waals surface area contributed by atoms with Crippen LogP contribution in [0.5, 0.6) is 0 Å². The molecule has 0 saturated carbocycles. The largest absolute Gasteiger partial charge is 0.358 e. The maximum Gasteiger partial charge on any atom is 0.157 e. The third kappa shape index (κ3) is 2.76. The number of amidine groups is 1. The molecule has 0 aliphatic carbocycles. The SMILES string of the molecule is CC1CSC(NC(C)c2ccc(F)cc2)=N1. The molecule has 0 spiro atoms. The summed E-state index contributed by atoms with van der Waals surface area (Å²) in [6.07, 6.45) is 0. The van der Waals surface area contributed by atoms with Gasteiger partial charge in [0.25, 0.3) is 0 Å². The Kier molecular flexibility index (Phi) is 3.49. The van der Waals surface area contributed by atoms with Crippen molar-refractivity contribution < 1.29 is 4.39 Å². The lowest BCUT2D eigenvalue weighted by Gasteiger charge is -2.14. The molecule has 1 aliphatic heterocycles. The van der Waals surface area contributed by atoms with E-state index in [0.717, 1.165) is 16.5 Å². The summed E-state index contributed by atoms with van der Waals surface area (Å²) < 4.78 is 12.8. The first kappa shape index (κ1) is 11.5. The molecule has 1 heterocycles. The summed E-state index contributed by atoms with van der Waals surface area (Å²) in [6, 6.07) is 7.14. The van der Waals surface area contributed by atoms with Gasteiger partial charge in [0, 0.05) is 5.75 Å². The van der Waals surface area contributed by atoms with Crippen molar-refractivity contribution in [1.29, 1.82) is 0 Å². The van der Waals surface area contributed by atoms with Crippen LogP contribution in [0.2, 0.25) is 0 Å². The summed E-state index contributed by atoms with van der Waals surface area (Å²) in [4.78, 5) is 4.47. The lowest BCUT2D eigenvalue weighted by molar-refractivity contribution is 0.624. The van der Waals surface area contributed by atoms with Crippen molar-refractivity contribution in [2.24, 2.45) is 4.99 Å². The molecule has 0 amide bonds. The predicted molar refractivity (Wildman–Crippen MR) is 67.3 cm³/mol. The highest BCUT2D eigenvalue weighted by atomic mass is 32.2. The average molecular weight is 238 g/mol. The molecular formula is C12H15FN2S. The Bertz CT molecular complexity index is 389. The van der Waals surface area contributed by atoms with Crippen molar-refractivity contribution in [3.8, 4) is 0 Å². The zero-order valence-electron chi connectivity index (χ0n) is 9.40. The lowest BCUT2D eigenvalue weighted by Crippen LogP contribution is -2.22. The van der Waals surface area contributed by atoms with Crippen LogP contribution in [-0.2, 0) is 0 Å². The zero-order valence-corrected chi connectivity index (χ0v) is 10.2. The fourth-order valence-corrected chi connectivity index (χ4v) is 2.56. The van der Waals surface area contributed by atoms with Crippen molar-refractivity contribution in [2.45, 2.75) is 25.9 Å². The number of halogens is 1. The Hall–Kier alpha value is -1.03. The van der Waals surface area contributed by atoms with Crippen molar-refractivity contribution >= 4 is 16.9 Å². The van der Waals surface area contributed by atoms with Gasteiger partial charge >= 0.3 is 0 Å². The van der Waals surface area contributed by atoms with Gasteiger partial charge in [-0.25, -0.2) is 4.39 Å². The van der Waals surface area contributed by atoms with E-state index in [0.29, 0.717) is 6.04 Å². The van der Waals surface area contributed by atoms with Crippen LogP contribution in [0.4, 0.5) is 4.39 Å². The fraction of sp³-hybridized carbons (Fsp3) is 0.417. The second-order valence-electron chi connectivity index (χ2n) is 4.01. The highest BCUT2D eigenvalue weighted by molar-refractivity contribution is 8.14. The molecule has 1 aromatic carbocycles. The van der Waals surface area contributed by atoms with E-state index >= 15 is 0 Å². The summed E-state index contributed by atoms with van der Waals surface area (Å²) in [5, 5.41) is 4.33. The third-order valence-corrected chi connectivity index (χ3v) is 3.65. The fourth-order valence-electron chi connectivity index (χ4n) is 1.57. The smallest absolute Gasteiger partial charge is 0.157 e. The van der Waals surface area contributed by atoms with Crippen molar-refractivity contribution in [3.05, 3.63) is 35.6 Å². The van der Waals surface area contributed by atoms with Crippen LogP contribution in [0, 0.1) is 5.82 Å². The van der Waals surface area contributed by atoms with E-state index in [1.54, 1.807) is 23.9 Å². The summed E-state index contributed by atoms with van der Waals surface area (Å²) in [6.45, 7) is 4.16. The first-order valence-corrected chi connectivity index (χ1v) is 6.36. The quantitative estimate of drug-likeness (QED) is 0.856. The minimum atomic E-state index is -0.197. The molecule has 0 fully saturated rings. The van der Waals surface area contributed by atoms with Crippen LogP contribution in [0.1, 0.15) is 25.5 Å². The molecule has 0 radical (unpaired) electrons. The van der Waals surface area contributed by atoms with E-state index in [-0.39, 0.29) is 11.9 Å². The van der Waals surface area contributed by atoms with Crippen LogP contribution in [0.3, 0.4) is 0 Å². The van der Waals surface area contributed by atoms with Gasteiger partial charge in [-0.05, 0) is 31.5 Å². The molecule has 1 aromatic rings. The minimum Gasteiger partial charge on any atom is -0.358 e. The van der Waals surface area contributed by atoms with Crippen molar-refractivity contribution in [1.82, 2.24) is 5.32 Å². The van der Waals surface area contributed by atoms with Gasteiger partial charge in [-0.1, -0.05) is 23.9 Å². The van der Waals surface area contributed by atoms with Crippen molar-refractivity contribution in [3.63, 3.8) is 0 Å². The van der Waals surface area contributed by atoms with E-state index in [9.17, 15) is 4.39 Å². The molecule has 4 heteroatoms. The first-order valence-electron chi connectivity index (χ1n) is 5.38. The molecule has 2 nitrogen and oxygen atoms in total. The number of benzene rings is 1. The summed E-state index contributed by atoms with van der Waals surface area (Å²) >= 11 is 1.74. The second kappa shape index (κ2) is 4.87. The normalized spacial score (nSPS) is 21.7. The Morgan fingerprint density at radius 3 is 2.69 bits per heavy atom. The number of aliphatic imine (C=N–C) groups is 1. The van der Waals surface area contributed by atoms with Crippen LogP contribution < -0.4 is 5.32 Å². The van der Waals surface area contributed by atoms with E-state index < -0.39 is 0 Å². The van der Waals surface area contributed by atoms with Gasteiger partial charge in [0.1, 0.15) is 5.82 Å². The van der Waals surface area contributed by atoms with E-state index in [1.807, 2.05) is 0 Å². The highest BCUT2D eigenvalue weighted by Crippen LogP contribution is 2.20. The number of nitrogens with one attached hydrogen (secondary N) is 1. The topological polar surface area (TPSA) is 24.4 Å². The monoisotopic (exact) mass is 238 g/mol. The van der Waals surface area contributed by atoms with E-state index in [4.69, 9.17) is 0 Å². The summed E-state index contributed by atoms with van der Waals surface area (Å²) in [5.74, 6) is 0.843. The van der Waals surface area contributed by atoms with Gasteiger partial charge in [-0.3, -0.25) is 4.99 Å². The number of nitrogens with zero attached hydrogens (tertiary/aromatic N) is 1. The van der Waals surface area contributed by atoms with Crippen molar-refractivity contribution in [2.75, 3.05) is 5.75 Å². The Morgan fingerprint density at radius 2 is 2.12 bits per heavy atom. The zero-order chi connectivity index (χ0) is 11.5. The molecular weight excluding hydrogens is 223 g/mol. The highest BCUT2D eigenvalue weighted by Gasteiger charge is 2.16. The number of hydrogen-bond acceptors (Lipinski definition) is 3. The van der Waals surface area contributed by atoms with Gasteiger partial charge in [0.05, 0.1) is 12.1 Å². The molecule has 1 N–H and O–H groups in total. The Morgan fingerprint density at radius 1 is 1.44 bits per heavy atom. The standard InChI is InChI=1S/C12H15FN2S/c1-8-7-16-12(14-8)15-9(2)10-3-5-11(13)6-4-10/h3-6,8-9H,7H2,1-2H3,(H,14,15). The van der Waals surface area contributed by atoms with E-state index in [2.05, 4.69) is 24.2 Å². The van der Waals surface area contributed by atoms with Crippen LogP contribution in [0.25, 0.3) is 0 Å². The molecule has 1 aliphatic rings. The molecule has 2 rings (SSSR count). The Labute approximate surface area is 99.3 Å². The minimum absolute atomic E-state index is 0.164. The molecule has 2 atom stereocenters. The van der Waals surface area contributed by atoms with E-state index in [1.165, 1.54) is 12.1 Å². The summed E-state index contributed by atoms with van der Waals surface area (Å²) in [7, 11) is 0. The molecule has 0 bridgehead atoms. The Balaban J connectivity index is 2.00. The summed E-state index contributed by atoms with van der Waals surface area (Å²) in [5.41, 5.74) is 1.07. The average Bonchev–Trinajstić information content (AvgIpc) is 2.65.